The molecule has 0 saturated heterocycles. The Morgan fingerprint density at radius 3 is 2.33 bits per heavy atom. The van der Waals surface area contributed by atoms with E-state index < -0.39 is 0 Å². The molecule has 0 aromatic rings. The summed E-state index contributed by atoms with van der Waals surface area (Å²) in [7, 11) is 0. The van der Waals surface area contributed by atoms with Gasteiger partial charge in [0, 0.05) is 10.2 Å². The van der Waals surface area contributed by atoms with Crippen LogP contribution in [0.3, 0.4) is 0 Å². The fourth-order valence-corrected chi connectivity index (χ4v) is 3.97. The average molecular weight is 210 g/mol. The second-order valence-corrected chi connectivity index (χ2v) is 4.82. The highest BCUT2D eigenvalue weighted by atomic mass is 79.9. The third-order valence-electron chi connectivity index (χ3n) is 2.72. The van der Waals surface area contributed by atoms with Gasteiger partial charge < -0.3 is 0 Å². The molecular formula is C7H10BrCl. The zero-order chi connectivity index (χ0) is 6.43. The van der Waals surface area contributed by atoms with Gasteiger partial charge in [-0.2, -0.15) is 0 Å². The standard InChI is InChI=1S/C7H10BrCl/c8-7-4-1-2-5(7)6(9)3-4/h4-7H,1-3H2. The zero-order valence-electron chi connectivity index (χ0n) is 5.19. The maximum absolute atomic E-state index is 6.07. The Bertz CT molecular complexity index is 126. The summed E-state index contributed by atoms with van der Waals surface area (Å²) in [5.74, 6) is 1.69. The molecule has 2 heteroatoms. The van der Waals surface area contributed by atoms with Crippen LogP contribution in [0, 0.1) is 11.8 Å². The molecule has 9 heavy (non-hydrogen) atoms. The molecule has 0 nitrogen and oxygen atoms in total. The molecule has 2 bridgehead atoms. The highest BCUT2D eigenvalue weighted by Gasteiger charge is 2.45. The van der Waals surface area contributed by atoms with Crippen LogP contribution >= 0.6 is 27.5 Å². The smallest absolute Gasteiger partial charge is 0.0378 e. The van der Waals surface area contributed by atoms with Gasteiger partial charge in [-0.1, -0.05) is 15.9 Å². The summed E-state index contributed by atoms with van der Waals surface area (Å²) in [5, 5.41) is 0.480. The van der Waals surface area contributed by atoms with Gasteiger partial charge in [-0.25, -0.2) is 0 Å². The highest BCUT2D eigenvalue weighted by molar-refractivity contribution is 9.09. The minimum Gasteiger partial charge on any atom is -0.123 e. The molecule has 2 saturated carbocycles. The molecular weight excluding hydrogens is 199 g/mol. The summed E-state index contributed by atoms with van der Waals surface area (Å²) in [6, 6.07) is 0. The van der Waals surface area contributed by atoms with E-state index in [0.29, 0.717) is 5.38 Å². The summed E-state index contributed by atoms with van der Waals surface area (Å²) < 4.78 is 0. The van der Waals surface area contributed by atoms with E-state index in [0.717, 1.165) is 16.7 Å². The van der Waals surface area contributed by atoms with E-state index in [9.17, 15) is 0 Å². The van der Waals surface area contributed by atoms with E-state index in [2.05, 4.69) is 15.9 Å². The predicted octanol–water partition coefficient (Wildman–Crippen LogP) is 2.79. The first-order valence-corrected chi connectivity index (χ1v) is 4.92. The van der Waals surface area contributed by atoms with Crippen LogP contribution in [0.2, 0.25) is 0 Å². The molecule has 2 rings (SSSR count). The maximum Gasteiger partial charge on any atom is 0.0378 e. The molecule has 0 amide bonds. The molecule has 2 aliphatic carbocycles. The van der Waals surface area contributed by atoms with Gasteiger partial charge >= 0.3 is 0 Å². The van der Waals surface area contributed by atoms with E-state index in [4.69, 9.17) is 11.6 Å². The number of halogens is 2. The lowest BCUT2D eigenvalue weighted by molar-refractivity contribution is 0.487. The molecule has 2 fully saturated rings. The minimum atomic E-state index is 0.480. The number of fused-ring (bicyclic) bond motifs is 2. The monoisotopic (exact) mass is 208 g/mol. The fourth-order valence-electron chi connectivity index (χ4n) is 2.17. The lowest BCUT2D eigenvalue weighted by atomic mass is 10.0. The maximum atomic E-state index is 6.07. The number of rotatable bonds is 0. The third kappa shape index (κ3) is 0.848. The van der Waals surface area contributed by atoms with E-state index in [1.54, 1.807) is 0 Å². The van der Waals surface area contributed by atoms with Crippen molar-refractivity contribution in [1.82, 2.24) is 0 Å². The summed E-state index contributed by atoms with van der Waals surface area (Å²) >= 11 is 9.76. The first kappa shape index (κ1) is 6.48. The van der Waals surface area contributed by atoms with E-state index >= 15 is 0 Å². The van der Waals surface area contributed by atoms with Gasteiger partial charge in [0.25, 0.3) is 0 Å². The molecule has 0 heterocycles. The van der Waals surface area contributed by atoms with E-state index in [-0.39, 0.29) is 0 Å². The molecule has 4 atom stereocenters. The lowest BCUT2D eigenvalue weighted by Gasteiger charge is -2.13. The minimum absolute atomic E-state index is 0.480. The average Bonchev–Trinajstić information content (AvgIpc) is 2.25. The van der Waals surface area contributed by atoms with Crippen LogP contribution in [0.1, 0.15) is 19.3 Å². The van der Waals surface area contributed by atoms with E-state index in [1.807, 2.05) is 0 Å². The first-order chi connectivity index (χ1) is 4.29. The highest BCUT2D eigenvalue weighted by Crippen LogP contribution is 2.50. The van der Waals surface area contributed by atoms with Gasteiger partial charge in [-0.3, -0.25) is 0 Å². The molecule has 0 aromatic heterocycles. The van der Waals surface area contributed by atoms with Crippen molar-refractivity contribution in [2.75, 3.05) is 0 Å². The number of hydrogen-bond donors (Lipinski definition) is 0. The molecule has 2 aliphatic rings. The van der Waals surface area contributed by atoms with Crippen molar-refractivity contribution in [1.29, 1.82) is 0 Å². The van der Waals surface area contributed by atoms with Crippen molar-refractivity contribution < 1.29 is 0 Å². The largest absolute Gasteiger partial charge is 0.123 e. The lowest BCUT2D eigenvalue weighted by Crippen LogP contribution is -2.10. The Balaban J connectivity index is 2.16. The van der Waals surface area contributed by atoms with Gasteiger partial charge in [0.15, 0.2) is 0 Å². The number of hydrogen-bond acceptors (Lipinski definition) is 0. The Hall–Kier alpha value is 0.770. The van der Waals surface area contributed by atoms with Crippen molar-refractivity contribution in [3.05, 3.63) is 0 Å². The summed E-state index contributed by atoms with van der Waals surface area (Å²) in [4.78, 5) is 0.750. The predicted molar refractivity (Wildman–Crippen MR) is 43.2 cm³/mol. The molecule has 0 radical (unpaired) electrons. The van der Waals surface area contributed by atoms with Crippen molar-refractivity contribution in [3.63, 3.8) is 0 Å². The second-order valence-electron chi connectivity index (χ2n) is 3.20. The molecule has 0 aromatic carbocycles. The summed E-state index contributed by atoms with van der Waals surface area (Å²) in [5.41, 5.74) is 0. The second kappa shape index (κ2) is 2.13. The van der Waals surface area contributed by atoms with Crippen LogP contribution in [0.4, 0.5) is 0 Å². The normalized spacial score (nSPS) is 56.7. The SMILES string of the molecule is ClC1CC2CCC1C2Br. The van der Waals surface area contributed by atoms with Crippen molar-refractivity contribution >= 4 is 27.5 Å². The number of alkyl halides is 2. The van der Waals surface area contributed by atoms with Crippen LogP contribution < -0.4 is 0 Å². The van der Waals surface area contributed by atoms with E-state index in [1.165, 1.54) is 19.3 Å². The molecule has 0 N–H and O–H groups in total. The Morgan fingerprint density at radius 1 is 1.33 bits per heavy atom. The van der Waals surface area contributed by atoms with Crippen LogP contribution in [0.25, 0.3) is 0 Å². The zero-order valence-corrected chi connectivity index (χ0v) is 7.53. The summed E-state index contributed by atoms with van der Waals surface area (Å²) in [6.45, 7) is 0. The van der Waals surface area contributed by atoms with Crippen LogP contribution in [0.5, 0.6) is 0 Å². The van der Waals surface area contributed by atoms with Crippen LogP contribution in [-0.2, 0) is 0 Å². The van der Waals surface area contributed by atoms with Gasteiger partial charge in [-0.15, -0.1) is 11.6 Å². The third-order valence-corrected chi connectivity index (χ3v) is 4.65. The first-order valence-electron chi connectivity index (χ1n) is 3.57. The molecule has 0 spiro atoms. The van der Waals surface area contributed by atoms with Gasteiger partial charge in [0.1, 0.15) is 0 Å². The topological polar surface area (TPSA) is 0 Å². The van der Waals surface area contributed by atoms with Crippen LogP contribution in [0.15, 0.2) is 0 Å². The molecule has 0 aliphatic heterocycles. The van der Waals surface area contributed by atoms with Gasteiger partial charge in [-0.05, 0) is 31.1 Å². The Morgan fingerprint density at radius 2 is 2.11 bits per heavy atom. The Kier molecular flexibility index (Phi) is 1.53. The van der Waals surface area contributed by atoms with Gasteiger partial charge in [0.05, 0.1) is 0 Å². The molecule has 4 unspecified atom stereocenters. The van der Waals surface area contributed by atoms with Crippen molar-refractivity contribution in [2.24, 2.45) is 11.8 Å². The fraction of sp³-hybridized carbons (Fsp3) is 1.00. The molecule has 52 valence electrons. The van der Waals surface area contributed by atoms with Crippen molar-refractivity contribution in [3.8, 4) is 0 Å². The Labute approximate surface area is 69.1 Å². The van der Waals surface area contributed by atoms with Gasteiger partial charge in [0.2, 0.25) is 0 Å². The quantitative estimate of drug-likeness (QED) is 0.538. The summed E-state index contributed by atoms with van der Waals surface area (Å²) in [6.07, 6.45) is 4.01. The van der Waals surface area contributed by atoms with Crippen LogP contribution in [-0.4, -0.2) is 10.2 Å². The van der Waals surface area contributed by atoms with Crippen molar-refractivity contribution in [2.45, 2.75) is 29.5 Å².